The predicted molar refractivity (Wildman–Crippen MR) is 103 cm³/mol. The summed E-state index contributed by atoms with van der Waals surface area (Å²) in [5.74, 6) is -0.440. The van der Waals surface area contributed by atoms with Gasteiger partial charge in [0.05, 0.1) is 10.6 Å². The molecule has 1 N–H and O–H groups in total. The molecular formula is C20H21N3O5. The number of benzene rings is 2. The maximum absolute atomic E-state index is 12.5. The smallest absolute Gasteiger partial charge is 0.271 e. The summed E-state index contributed by atoms with van der Waals surface area (Å²) in [6, 6.07) is 13.8. The van der Waals surface area contributed by atoms with Crippen molar-refractivity contribution in [3.05, 3.63) is 64.2 Å². The van der Waals surface area contributed by atoms with Gasteiger partial charge in [0.2, 0.25) is 5.91 Å². The number of amides is 2. The Kier molecular flexibility index (Phi) is 5.30. The molecule has 2 amide bonds. The molecule has 8 heteroatoms. The van der Waals surface area contributed by atoms with Crippen LogP contribution in [0.3, 0.4) is 0 Å². The van der Waals surface area contributed by atoms with Crippen LogP contribution < -0.4 is 15.0 Å². The van der Waals surface area contributed by atoms with E-state index in [4.69, 9.17) is 4.74 Å². The van der Waals surface area contributed by atoms with E-state index in [2.05, 4.69) is 5.32 Å². The van der Waals surface area contributed by atoms with Gasteiger partial charge in [0, 0.05) is 24.1 Å². The fourth-order valence-corrected chi connectivity index (χ4v) is 2.99. The molecule has 0 spiro atoms. The highest BCUT2D eigenvalue weighted by Crippen LogP contribution is 2.35. The minimum absolute atomic E-state index is 0.173. The molecule has 1 heterocycles. The lowest BCUT2D eigenvalue weighted by molar-refractivity contribution is -0.384. The zero-order valence-electron chi connectivity index (χ0n) is 15.7. The maximum atomic E-state index is 12.5. The first-order valence-corrected chi connectivity index (χ1v) is 8.82. The molecule has 0 saturated carbocycles. The van der Waals surface area contributed by atoms with Gasteiger partial charge in [-0.1, -0.05) is 44.2 Å². The average molecular weight is 383 g/mol. The van der Waals surface area contributed by atoms with E-state index in [9.17, 15) is 19.7 Å². The topological polar surface area (TPSA) is 102 Å². The minimum atomic E-state index is -0.556. The van der Waals surface area contributed by atoms with Gasteiger partial charge in [-0.2, -0.15) is 0 Å². The summed E-state index contributed by atoms with van der Waals surface area (Å²) >= 11 is 0. The molecule has 28 heavy (non-hydrogen) atoms. The Morgan fingerprint density at radius 1 is 1.25 bits per heavy atom. The van der Waals surface area contributed by atoms with Crippen LogP contribution in [-0.4, -0.2) is 36.4 Å². The summed E-state index contributed by atoms with van der Waals surface area (Å²) in [5, 5.41) is 13.9. The number of nitro groups is 1. The second-order valence-electron chi connectivity index (χ2n) is 7.20. The summed E-state index contributed by atoms with van der Waals surface area (Å²) in [5.41, 5.74) is 0.845. The van der Waals surface area contributed by atoms with Crippen LogP contribution in [0, 0.1) is 10.1 Å². The van der Waals surface area contributed by atoms with E-state index >= 15 is 0 Å². The summed E-state index contributed by atoms with van der Waals surface area (Å²) in [7, 11) is 0. The van der Waals surface area contributed by atoms with E-state index in [0.29, 0.717) is 12.3 Å². The van der Waals surface area contributed by atoms with Crippen molar-refractivity contribution in [2.24, 2.45) is 0 Å². The SMILES string of the molecule is CC(C)(CNC(=O)CN1C(=O)COc2ccc([N+](=O)[O-])cc21)c1ccccc1. The first-order chi connectivity index (χ1) is 13.3. The lowest BCUT2D eigenvalue weighted by atomic mass is 9.84. The lowest BCUT2D eigenvalue weighted by Crippen LogP contribution is -2.47. The third-order valence-corrected chi connectivity index (χ3v) is 4.68. The van der Waals surface area contributed by atoms with E-state index < -0.39 is 10.8 Å². The van der Waals surface area contributed by atoms with Crippen molar-refractivity contribution in [2.45, 2.75) is 19.3 Å². The molecular weight excluding hydrogens is 362 g/mol. The van der Waals surface area contributed by atoms with E-state index in [-0.39, 0.29) is 35.8 Å². The van der Waals surface area contributed by atoms with Crippen molar-refractivity contribution in [3.8, 4) is 5.75 Å². The summed E-state index contributed by atoms with van der Waals surface area (Å²) in [4.78, 5) is 36.4. The second-order valence-corrected chi connectivity index (χ2v) is 7.20. The molecule has 3 rings (SSSR count). The second kappa shape index (κ2) is 7.67. The van der Waals surface area contributed by atoms with E-state index in [1.54, 1.807) is 0 Å². The number of non-ortho nitro benzene ring substituents is 1. The number of ether oxygens (including phenoxy) is 1. The summed E-state index contributed by atoms with van der Waals surface area (Å²) in [6.45, 7) is 3.97. The van der Waals surface area contributed by atoms with Gasteiger partial charge in [0.25, 0.3) is 11.6 Å². The number of nitro benzene ring substituents is 1. The number of nitrogens with zero attached hydrogens (tertiary/aromatic N) is 2. The number of fused-ring (bicyclic) bond motifs is 1. The molecule has 0 fully saturated rings. The first kappa shape index (κ1) is 19.3. The van der Waals surface area contributed by atoms with Crippen LogP contribution in [-0.2, 0) is 15.0 Å². The zero-order valence-corrected chi connectivity index (χ0v) is 15.7. The Morgan fingerprint density at radius 2 is 1.96 bits per heavy atom. The number of nitrogens with one attached hydrogen (secondary N) is 1. The molecule has 1 aliphatic heterocycles. The van der Waals surface area contributed by atoms with Crippen LogP contribution in [0.1, 0.15) is 19.4 Å². The van der Waals surface area contributed by atoms with E-state index in [1.807, 2.05) is 44.2 Å². The van der Waals surface area contributed by atoms with Gasteiger partial charge in [0.15, 0.2) is 6.61 Å². The largest absolute Gasteiger partial charge is 0.482 e. The third-order valence-electron chi connectivity index (χ3n) is 4.68. The fourth-order valence-electron chi connectivity index (χ4n) is 2.99. The van der Waals surface area contributed by atoms with Crippen molar-refractivity contribution >= 4 is 23.2 Å². The normalized spacial score (nSPS) is 13.5. The van der Waals surface area contributed by atoms with Crippen molar-refractivity contribution in [1.82, 2.24) is 5.32 Å². The molecule has 0 atom stereocenters. The molecule has 0 aromatic heterocycles. The standard InChI is InChI=1S/C20H21N3O5/c1-20(2,14-6-4-3-5-7-14)13-21-18(24)11-22-16-10-15(23(26)27)8-9-17(16)28-12-19(22)25/h3-10H,11-13H2,1-2H3,(H,21,24). The van der Waals surface area contributed by atoms with Gasteiger partial charge in [-0.3, -0.25) is 24.6 Å². The van der Waals surface area contributed by atoms with Gasteiger partial charge in [0.1, 0.15) is 12.3 Å². The van der Waals surface area contributed by atoms with Gasteiger partial charge in [-0.15, -0.1) is 0 Å². The molecule has 0 unspecified atom stereocenters. The maximum Gasteiger partial charge on any atom is 0.271 e. The number of anilines is 1. The summed E-state index contributed by atoms with van der Waals surface area (Å²) in [6.07, 6.45) is 0. The van der Waals surface area contributed by atoms with Crippen molar-refractivity contribution in [2.75, 3.05) is 24.6 Å². The van der Waals surface area contributed by atoms with Crippen molar-refractivity contribution in [1.29, 1.82) is 0 Å². The highest BCUT2D eigenvalue weighted by atomic mass is 16.6. The van der Waals surface area contributed by atoms with Gasteiger partial charge >= 0.3 is 0 Å². The summed E-state index contributed by atoms with van der Waals surface area (Å²) < 4.78 is 5.31. The van der Waals surface area contributed by atoms with Crippen LogP contribution >= 0.6 is 0 Å². The number of carbonyl (C=O) groups is 2. The molecule has 1 aliphatic rings. The number of hydrogen-bond donors (Lipinski definition) is 1. The Hall–Kier alpha value is -3.42. The molecule has 146 valence electrons. The first-order valence-electron chi connectivity index (χ1n) is 8.82. The Balaban J connectivity index is 1.71. The Labute approximate surface area is 162 Å². The molecule has 0 bridgehead atoms. The lowest BCUT2D eigenvalue weighted by Gasteiger charge is -2.30. The van der Waals surface area contributed by atoms with Gasteiger partial charge < -0.3 is 10.1 Å². The highest BCUT2D eigenvalue weighted by molar-refractivity contribution is 6.02. The van der Waals surface area contributed by atoms with E-state index in [0.717, 1.165) is 5.56 Å². The van der Waals surface area contributed by atoms with Crippen molar-refractivity contribution < 1.29 is 19.2 Å². The zero-order chi connectivity index (χ0) is 20.3. The monoisotopic (exact) mass is 383 g/mol. The molecule has 0 radical (unpaired) electrons. The Morgan fingerprint density at radius 3 is 2.64 bits per heavy atom. The van der Waals surface area contributed by atoms with Gasteiger partial charge in [-0.25, -0.2) is 0 Å². The third kappa shape index (κ3) is 4.11. The molecule has 2 aromatic carbocycles. The molecule has 0 aliphatic carbocycles. The van der Waals surface area contributed by atoms with Crippen LogP contribution in [0.5, 0.6) is 5.75 Å². The number of hydrogen-bond acceptors (Lipinski definition) is 5. The fraction of sp³-hybridized carbons (Fsp3) is 0.300. The van der Waals surface area contributed by atoms with Gasteiger partial charge in [-0.05, 0) is 11.6 Å². The van der Waals surface area contributed by atoms with Crippen LogP contribution in [0.15, 0.2) is 48.5 Å². The quantitative estimate of drug-likeness (QED) is 0.610. The van der Waals surface area contributed by atoms with Crippen LogP contribution in [0.25, 0.3) is 0 Å². The highest BCUT2D eigenvalue weighted by Gasteiger charge is 2.30. The van der Waals surface area contributed by atoms with Crippen LogP contribution in [0.2, 0.25) is 0 Å². The molecule has 2 aromatic rings. The van der Waals surface area contributed by atoms with Crippen LogP contribution in [0.4, 0.5) is 11.4 Å². The molecule has 0 saturated heterocycles. The van der Waals surface area contributed by atoms with Crippen molar-refractivity contribution in [3.63, 3.8) is 0 Å². The Bertz CT molecular complexity index is 911. The van der Waals surface area contributed by atoms with E-state index in [1.165, 1.54) is 23.1 Å². The number of rotatable bonds is 6. The number of carbonyl (C=O) groups excluding carboxylic acids is 2. The minimum Gasteiger partial charge on any atom is -0.482 e. The predicted octanol–water partition coefficient (Wildman–Crippen LogP) is 2.41. The average Bonchev–Trinajstić information content (AvgIpc) is 2.69. The molecule has 8 nitrogen and oxygen atoms in total.